The minimum absolute atomic E-state index is 0.108. The van der Waals surface area contributed by atoms with Gasteiger partial charge < -0.3 is 20.1 Å². The minimum atomic E-state index is -0.527. The lowest BCUT2D eigenvalue weighted by Gasteiger charge is -2.27. The van der Waals surface area contributed by atoms with Crippen molar-refractivity contribution in [2.24, 2.45) is 0 Å². The molecule has 1 aromatic carbocycles. The van der Waals surface area contributed by atoms with Crippen LogP contribution >= 0.6 is 0 Å². The van der Waals surface area contributed by atoms with E-state index < -0.39 is 11.0 Å². The third kappa shape index (κ3) is 5.74. The van der Waals surface area contributed by atoms with Gasteiger partial charge in [0.2, 0.25) is 0 Å². The van der Waals surface area contributed by atoms with Gasteiger partial charge in [0.25, 0.3) is 5.69 Å². The molecule has 0 spiro atoms. The first kappa shape index (κ1) is 18.7. The number of methoxy groups -OCH3 is 2. The number of nitro groups is 1. The van der Waals surface area contributed by atoms with E-state index in [1.54, 1.807) is 7.11 Å². The number of anilines is 1. The number of carbonyl (C=O) groups is 1. The summed E-state index contributed by atoms with van der Waals surface area (Å²) in [6, 6.07) is 3.45. The van der Waals surface area contributed by atoms with Crippen molar-refractivity contribution < 1.29 is 19.2 Å². The van der Waals surface area contributed by atoms with E-state index in [1.807, 2.05) is 20.8 Å². The first-order chi connectivity index (χ1) is 10.7. The SMILES string of the molecule is COc1cc([N+](=O)[O-])ccc1NC(=O)NC(C)CC(C)(C)OC. The topological polar surface area (TPSA) is 103 Å². The number of nitro benzene ring substituents is 1. The highest BCUT2D eigenvalue weighted by atomic mass is 16.6. The van der Waals surface area contributed by atoms with Gasteiger partial charge in [-0.15, -0.1) is 0 Å². The molecule has 1 unspecified atom stereocenters. The molecule has 8 nitrogen and oxygen atoms in total. The van der Waals surface area contributed by atoms with Gasteiger partial charge in [-0.25, -0.2) is 4.79 Å². The molecule has 0 aliphatic carbocycles. The number of benzene rings is 1. The van der Waals surface area contributed by atoms with E-state index in [0.717, 1.165) is 0 Å². The zero-order valence-corrected chi connectivity index (χ0v) is 14.0. The van der Waals surface area contributed by atoms with Crippen molar-refractivity contribution in [1.29, 1.82) is 0 Å². The van der Waals surface area contributed by atoms with Crippen LogP contribution in [0.15, 0.2) is 18.2 Å². The first-order valence-corrected chi connectivity index (χ1v) is 7.13. The molecule has 0 saturated heterocycles. The lowest BCUT2D eigenvalue weighted by Crippen LogP contribution is -2.41. The molecule has 1 atom stereocenters. The van der Waals surface area contributed by atoms with Crippen LogP contribution < -0.4 is 15.4 Å². The maximum atomic E-state index is 12.0. The van der Waals surface area contributed by atoms with Gasteiger partial charge in [-0.05, 0) is 33.3 Å². The molecule has 0 saturated carbocycles. The van der Waals surface area contributed by atoms with Gasteiger partial charge in [0.1, 0.15) is 5.75 Å². The van der Waals surface area contributed by atoms with E-state index in [9.17, 15) is 14.9 Å². The van der Waals surface area contributed by atoms with Gasteiger partial charge in [-0.2, -0.15) is 0 Å². The van der Waals surface area contributed by atoms with Gasteiger partial charge in [-0.1, -0.05) is 0 Å². The van der Waals surface area contributed by atoms with Crippen LogP contribution in [0, 0.1) is 10.1 Å². The lowest BCUT2D eigenvalue weighted by molar-refractivity contribution is -0.384. The molecule has 8 heteroatoms. The van der Waals surface area contributed by atoms with Gasteiger partial charge in [0, 0.05) is 19.2 Å². The molecule has 0 radical (unpaired) electrons. The van der Waals surface area contributed by atoms with Crippen molar-refractivity contribution in [2.45, 2.75) is 38.8 Å². The van der Waals surface area contributed by atoms with Crippen molar-refractivity contribution in [2.75, 3.05) is 19.5 Å². The summed E-state index contributed by atoms with van der Waals surface area (Å²) in [4.78, 5) is 22.3. The smallest absolute Gasteiger partial charge is 0.319 e. The highest BCUT2D eigenvalue weighted by molar-refractivity contribution is 5.91. The highest BCUT2D eigenvalue weighted by Crippen LogP contribution is 2.28. The Morgan fingerprint density at radius 1 is 1.39 bits per heavy atom. The molecule has 1 aromatic rings. The van der Waals surface area contributed by atoms with E-state index in [2.05, 4.69) is 10.6 Å². The second-order valence-corrected chi connectivity index (χ2v) is 5.81. The van der Waals surface area contributed by atoms with E-state index in [1.165, 1.54) is 25.3 Å². The third-order valence-electron chi connectivity index (χ3n) is 3.37. The Balaban J connectivity index is 2.72. The van der Waals surface area contributed by atoms with Crippen LogP contribution in [0.3, 0.4) is 0 Å². The number of nitrogens with one attached hydrogen (secondary N) is 2. The Labute approximate surface area is 135 Å². The monoisotopic (exact) mass is 325 g/mol. The number of carbonyl (C=O) groups excluding carboxylic acids is 1. The Hall–Kier alpha value is -2.35. The van der Waals surface area contributed by atoms with Gasteiger partial charge in [0.15, 0.2) is 0 Å². The number of rotatable bonds is 7. The van der Waals surface area contributed by atoms with Crippen LogP contribution in [0.1, 0.15) is 27.2 Å². The Bertz CT molecular complexity index is 574. The van der Waals surface area contributed by atoms with Crippen molar-refractivity contribution in [3.8, 4) is 5.75 Å². The second-order valence-electron chi connectivity index (χ2n) is 5.81. The van der Waals surface area contributed by atoms with Crippen LogP contribution in [-0.4, -0.2) is 36.8 Å². The molecule has 0 bridgehead atoms. The number of amides is 2. The van der Waals surface area contributed by atoms with E-state index in [4.69, 9.17) is 9.47 Å². The molecule has 23 heavy (non-hydrogen) atoms. The molecule has 2 amide bonds. The standard InChI is InChI=1S/C15H23N3O5/c1-10(9-15(2,3)23-5)16-14(19)17-12-7-6-11(18(20)21)8-13(12)22-4/h6-8,10H,9H2,1-5H3,(H2,16,17,19). The summed E-state index contributed by atoms with van der Waals surface area (Å²) in [5.74, 6) is 0.222. The molecule has 0 aliphatic heterocycles. The maximum Gasteiger partial charge on any atom is 0.319 e. The van der Waals surface area contributed by atoms with Crippen LogP contribution in [0.5, 0.6) is 5.75 Å². The Morgan fingerprint density at radius 3 is 2.57 bits per heavy atom. The molecular weight excluding hydrogens is 302 g/mol. The fourth-order valence-electron chi connectivity index (χ4n) is 2.15. The molecule has 0 aliphatic rings. The minimum Gasteiger partial charge on any atom is -0.494 e. The lowest BCUT2D eigenvalue weighted by atomic mass is 10.00. The summed E-state index contributed by atoms with van der Waals surface area (Å²) in [6.07, 6.45) is 0.633. The summed E-state index contributed by atoms with van der Waals surface area (Å²) >= 11 is 0. The highest BCUT2D eigenvalue weighted by Gasteiger charge is 2.21. The average Bonchev–Trinajstić information content (AvgIpc) is 2.46. The third-order valence-corrected chi connectivity index (χ3v) is 3.37. The first-order valence-electron chi connectivity index (χ1n) is 7.13. The number of hydrogen-bond acceptors (Lipinski definition) is 5. The van der Waals surface area contributed by atoms with E-state index in [0.29, 0.717) is 12.1 Å². The van der Waals surface area contributed by atoms with Crippen LogP contribution in [-0.2, 0) is 4.74 Å². The molecule has 0 fully saturated rings. The van der Waals surface area contributed by atoms with Crippen molar-refractivity contribution in [3.63, 3.8) is 0 Å². The molecule has 2 N–H and O–H groups in total. The average molecular weight is 325 g/mol. The molecule has 0 aromatic heterocycles. The van der Waals surface area contributed by atoms with Gasteiger partial charge >= 0.3 is 6.03 Å². The maximum absolute atomic E-state index is 12.0. The van der Waals surface area contributed by atoms with Crippen LogP contribution in [0.2, 0.25) is 0 Å². The zero-order valence-electron chi connectivity index (χ0n) is 14.0. The number of non-ortho nitro benzene ring substituents is 1. The van der Waals surface area contributed by atoms with Crippen molar-refractivity contribution in [1.82, 2.24) is 5.32 Å². The van der Waals surface area contributed by atoms with Gasteiger partial charge in [-0.3, -0.25) is 10.1 Å². The molecule has 128 valence electrons. The summed E-state index contributed by atoms with van der Waals surface area (Å²) in [5.41, 5.74) is -0.102. The normalized spacial score (nSPS) is 12.4. The van der Waals surface area contributed by atoms with Gasteiger partial charge in [0.05, 0.1) is 29.4 Å². The summed E-state index contributed by atoms with van der Waals surface area (Å²) in [7, 11) is 3.00. The van der Waals surface area contributed by atoms with Crippen molar-refractivity contribution >= 4 is 17.4 Å². The summed E-state index contributed by atoms with van der Waals surface area (Å²) in [5, 5.41) is 16.2. The summed E-state index contributed by atoms with van der Waals surface area (Å²) in [6.45, 7) is 5.73. The van der Waals surface area contributed by atoms with Crippen molar-refractivity contribution in [3.05, 3.63) is 28.3 Å². The van der Waals surface area contributed by atoms with Crippen LogP contribution in [0.4, 0.5) is 16.2 Å². The summed E-state index contributed by atoms with van der Waals surface area (Å²) < 4.78 is 10.4. The fraction of sp³-hybridized carbons (Fsp3) is 0.533. The predicted octanol–water partition coefficient (Wildman–Crippen LogP) is 2.93. The number of urea groups is 1. The largest absolute Gasteiger partial charge is 0.494 e. The van der Waals surface area contributed by atoms with E-state index in [-0.39, 0.29) is 23.1 Å². The molecular formula is C15H23N3O5. The fourth-order valence-corrected chi connectivity index (χ4v) is 2.15. The molecule has 0 heterocycles. The Kier molecular flexibility index (Phi) is 6.32. The Morgan fingerprint density at radius 2 is 2.04 bits per heavy atom. The quantitative estimate of drug-likeness (QED) is 0.592. The zero-order chi connectivity index (χ0) is 17.6. The number of hydrogen-bond donors (Lipinski definition) is 2. The second kappa shape index (κ2) is 7.77. The predicted molar refractivity (Wildman–Crippen MR) is 87.0 cm³/mol. The molecule has 1 rings (SSSR count). The van der Waals surface area contributed by atoms with E-state index >= 15 is 0 Å². The number of nitrogens with zero attached hydrogens (tertiary/aromatic N) is 1. The van der Waals surface area contributed by atoms with Crippen LogP contribution in [0.25, 0.3) is 0 Å². The number of ether oxygens (including phenoxy) is 2.